The maximum Gasteiger partial charge on any atom is 0.134 e. The number of benzene rings is 1. The fourth-order valence-electron chi connectivity index (χ4n) is 1.58. The molecule has 0 radical (unpaired) electrons. The molecule has 84 valence electrons. The number of halogens is 1. The monoisotopic (exact) mass is 220 g/mol. The second-order valence-electron chi connectivity index (χ2n) is 3.83. The highest BCUT2D eigenvalue weighted by Crippen LogP contribution is 2.23. The molecule has 1 N–H and O–H groups in total. The summed E-state index contributed by atoms with van der Waals surface area (Å²) in [4.78, 5) is 0. The summed E-state index contributed by atoms with van der Waals surface area (Å²) in [6.07, 6.45) is 0.0292. The maximum atomic E-state index is 13.0. The fourth-order valence-corrected chi connectivity index (χ4v) is 1.58. The van der Waals surface area contributed by atoms with Gasteiger partial charge in [0, 0.05) is 12.0 Å². The molecule has 0 saturated heterocycles. The SMILES string of the molecule is CC(O)Cc1ccc(-c2cccc(F)c2)o1. The predicted molar refractivity (Wildman–Crippen MR) is 59.5 cm³/mol. The third-order valence-corrected chi connectivity index (χ3v) is 2.27. The highest BCUT2D eigenvalue weighted by Gasteiger charge is 2.07. The number of rotatable bonds is 3. The first kappa shape index (κ1) is 10.9. The van der Waals surface area contributed by atoms with Crippen LogP contribution in [0.15, 0.2) is 40.8 Å². The standard InChI is InChI=1S/C13H13FO2/c1-9(15)7-12-5-6-13(16-12)10-3-2-4-11(14)8-10/h2-6,8-9,15H,7H2,1H3. The molecular weight excluding hydrogens is 207 g/mol. The molecule has 1 atom stereocenters. The summed E-state index contributed by atoms with van der Waals surface area (Å²) in [5.41, 5.74) is 0.705. The highest BCUT2D eigenvalue weighted by atomic mass is 19.1. The van der Waals surface area contributed by atoms with Crippen LogP contribution < -0.4 is 0 Å². The summed E-state index contributed by atoms with van der Waals surface area (Å²) >= 11 is 0. The van der Waals surface area contributed by atoms with E-state index in [0.717, 1.165) is 0 Å². The molecule has 0 aliphatic heterocycles. The van der Waals surface area contributed by atoms with E-state index >= 15 is 0 Å². The zero-order valence-electron chi connectivity index (χ0n) is 8.98. The maximum absolute atomic E-state index is 13.0. The van der Waals surface area contributed by atoms with Crippen molar-refractivity contribution in [2.75, 3.05) is 0 Å². The van der Waals surface area contributed by atoms with Gasteiger partial charge in [-0.1, -0.05) is 12.1 Å². The van der Waals surface area contributed by atoms with Gasteiger partial charge in [0.15, 0.2) is 0 Å². The van der Waals surface area contributed by atoms with E-state index in [1.165, 1.54) is 12.1 Å². The zero-order chi connectivity index (χ0) is 11.5. The fraction of sp³-hybridized carbons (Fsp3) is 0.231. The molecule has 2 rings (SSSR count). The van der Waals surface area contributed by atoms with Crippen molar-refractivity contribution in [3.05, 3.63) is 48.0 Å². The van der Waals surface area contributed by atoms with E-state index < -0.39 is 6.10 Å². The van der Waals surface area contributed by atoms with Crippen LogP contribution in [0.1, 0.15) is 12.7 Å². The molecule has 1 aromatic heterocycles. The average molecular weight is 220 g/mol. The van der Waals surface area contributed by atoms with E-state index in [4.69, 9.17) is 4.42 Å². The third-order valence-electron chi connectivity index (χ3n) is 2.27. The van der Waals surface area contributed by atoms with Crippen LogP contribution in [0, 0.1) is 5.82 Å². The summed E-state index contributed by atoms with van der Waals surface area (Å²) in [6.45, 7) is 1.70. The van der Waals surface area contributed by atoms with E-state index in [-0.39, 0.29) is 5.82 Å². The van der Waals surface area contributed by atoms with E-state index in [1.807, 2.05) is 0 Å². The Morgan fingerprint density at radius 3 is 2.81 bits per heavy atom. The first-order chi connectivity index (χ1) is 7.65. The van der Waals surface area contributed by atoms with Crippen LogP contribution in [0.4, 0.5) is 4.39 Å². The Hall–Kier alpha value is -1.61. The second kappa shape index (κ2) is 4.49. The van der Waals surface area contributed by atoms with Crippen LogP contribution in [0.5, 0.6) is 0 Å². The Morgan fingerprint density at radius 2 is 2.12 bits per heavy atom. The van der Waals surface area contributed by atoms with Gasteiger partial charge < -0.3 is 9.52 Å². The van der Waals surface area contributed by atoms with Gasteiger partial charge in [-0.25, -0.2) is 4.39 Å². The van der Waals surface area contributed by atoms with Crippen LogP contribution in [-0.4, -0.2) is 11.2 Å². The van der Waals surface area contributed by atoms with Gasteiger partial charge in [-0.2, -0.15) is 0 Å². The minimum absolute atomic E-state index is 0.286. The van der Waals surface area contributed by atoms with E-state index in [1.54, 1.807) is 31.2 Å². The van der Waals surface area contributed by atoms with Crippen LogP contribution in [-0.2, 0) is 6.42 Å². The van der Waals surface area contributed by atoms with Gasteiger partial charge in [0.25, 0.3) is 0 Å². The third kappa shape index (κ3) is 2.49. The van der Waals surface area contributed by atoms with Gasteiger partial charge in [-0.3, -0.25) is 0 Å². The van der Waals surface area contributed by atoms with Gasteiger partial charge >= 0.3 is 0 Å². The molecule has 1 aromatic carbocycles. The quantitative estimate of drug-likeness (QED) is 0.862. The lowest BCUT2D eigenvalue weighted by atomic mass is 10.2. The lowest BCUT2D eigenvalue weighted by molar-refractivity contribution is 0.187. The van der Waals surface area contributed by atoms with Crippen molar-refractivity contribution in [2.24, 2.45) is 0 Å². The largest absolute Gasteiger partial charge is 0.461 e. The van der Waals surface area contributed by atoms with Crippen LogP contribution in [0.3, 0.4) is 0 Å². The molecule has 0 aliphatic rings. The van der Waals surface area contributed by atoms with Crippen molar-refractivity contribution < 1.29 is 13.9 Å². The smallest absolute Gasteiger partial charge is 0.134 e. The van der Waals surface area contributed by atoms with Gasteiger partial charge in [-0.15, -0.1) is 0 Å². The van der Waals surface area contributed by atoms with Gasteiger partial charge in [0.05, 0.1) is 6.10 Å². The molecule has 0 fully saturated rings. The Morgan fingerprint density at radius 1 is 1.31 bits per heavy atom. The second-order valence-corrected chi connectivity index (χ2v) is 3.83. The van der Waals surface area contributed by atoms with Crippen molar-refractivity contribution in [3.8, 4) is 11.3 Å². The number of hydrogen-bond acceptors (Lipinski definition) is 2. The molecule has 16 heavy (non-hydrogen) atoms. The first-order valence-electron chi connectivity index (χ1n) is 5.18. The minimum atomic E-state index is -0.438. The molecule has 0 amide bonds. The predicted octanol–water partition coefficient (Wildman–Crippen LogP) is 3.01. The topological polar surface area (TPSA) is 33.4 Å². The van der Waals surface area contributed by atoms with Gasteiger partial charge in [-0.05, 0) is 31.2 Å². The number of furan rings is 1. The van der Waals surface area contributed by atoms with Crippen molar-refractivity contribution in [3.63, 3.8) is 0 Å². The Bertz CT molecular complexity index is 474. The van der Waals surface area contributed by atoms with Gasteiger partial charge in [0.2, 0.25) is 0 Å². The molecular formula is C13H13FO2. The zero-order valence-corrected chi connectivity index (χ0v) is 8.98. The summed E-state index contributed by atoms with van der Waals surface area (Å²) in [6, 6.07) is 9.82. The first-order valence-corrected chi connectivity index (χ1v) is 5.18. The summed E-state index contributed by atoms with van der Waals surface area (Å²) in [7, 11) is 0. The van der Waals surface area contributed by atoms with Crippen LogP contribution in [0.25, 0.3) is 11.3 Å². The number of aliphatic hydroxyl groups excluding tert-OH is 1. The van der Waals surface area contributed by atoms with Crippen LogP contribution in [0.2, 0.25) is 0 Å². The molecule has 1 unspecified atom stereocenters. The minimum Gasteiger partial charge on any atom is -0.461 e. The molecule has 2 aromatic rings. The van der Waals surface area contributed by atoms with Crippen molar-refractivity contribution in [2.45, 2.75) is 19.4 Å². The lowest BCUT2D eigenvalue weighted by Crippen LogP contribution is -2.02. The number of aliphatic hydroxyl groups is 1. The molecule has 0 bridgehead atoms. The van der Waals surface area contributed by atoms with E-state index in [9.17, 15) is 9.50 Å². The molecule has 0 aliphatic carbocycles. The number of hydrogen-bond donors (Lipinski definition) is 1. The highest BCUT2D eigenvalue weighted by molar-refractivity contribution is 5.57. The van der Waals surface area contributed by atoms with Crippen LogP contribution >= 0.6 is 0 Å². The van der Waals surface area contributed by atoms with Crippen molar-refractivity contribution >= 4 is 0 Å². The normalized spacial score (nSPS) is 12.7. The Kier molecular flexibility index (Phi) is 3.06. The van der Waals surface area contributed by atoms with E-state index in [0.29, 0.717) is 23.5 Å². The average Bonchev–Trinajstić information content (AvgIpc) is 2.65. The molecule has 3 heteroatoms. The van der Waals surface area contributed by atoms with Crippen molar-refractivity contribution in [1.29, 1.82) is 0 Å². The Labute approximate surface area is 93.3 Å². The summed E-state index contributed by atoms with van der Waals surface area (Å²) < 4.78 is 18.5. The summed E-state index contributed by atoms with van der Waals surface area (Å²) in [5.74, 6) is 1.04. The lowest BCUT2D eigenvalue weighted by Gasteiger charge is -2.00. The molecule has 0 saturated carbocycles. The molecule has 1 heterocycles. The van der Waals surface area contributed by atoms with Crippen molar-refractivity contribution in [1.82, 2.24) is 0 Å². The van der Waals surface area contributed by atoms with E-state index in [2.05, 4.69) is 0 Å². The molecule has 2 nitrogen and oxygen atoms in total. The van der Waals surface area contributed by atoms with Gasteiger partial charge in [0.1, 0.15) is 17.3 Å². The Balaban J connectivity index is 2.24. The summed E-state index contributed by atoms with van der Waals surface area (Å²) in [5, 5.41) is 9.21. The molecule has 0 spiro atoms.